The molecule has 0 aliphatic rings. The molecule has 2 radical (unpaired) electrons. The van der Waals surface area contributed by atoms with E-state index in [9.17, 15) is 0 Å². The van der Waals surface area contributed by atoms with Crippen LogP contribution in [0.1, 0.15) is 0 Å². The van der Waals surface area contributed by atoms with Crippen LogP contribution in [0.4, 0.5) is 23.5 Å². The van der Waals surface area contributed by atoms with Gasteiger partial charge in [0.05, 0.1) is 0 Å². The molecule has 0 N–H and O–H groups in total. The summed E-state index contributed by atoms with van der Waals surface area (Å²) >= 11 is 0. The fourth-order valence-corrected chi connectivity index (χ4v) is 0. The van der Waals surface area contributed by atoms with Crippen LogP contribution in [0.15, 0.2) is 0 Å². The third-order valence-electron chi connectivity index (χ3n) is 0. The van der Waals surface area contributed by atoms with Crippen molar-refractivity contribution >= 4 is 0 Å². The molecule has 0 bridgehead atoms. The van der Waals surface area contributed by atoms with Gasteiger partial charge in [-0.1, -0.05) is 0 Å². The molecule has 0 rings (SSSR count). The number of halogens is 5. The van der Waals surface area contributed by atoms with E-state index in [1.165, 1.54) is 0 Å². The third-order valence-corrected chi connectivity index (χ3v) is 0. The van der Waals surface area contributed by atoms with Crippen LogP contribution in [0.5, 0.6) is 0 Å². The standard InChI is InChI=1S/5FH.Nb.Ta/h5*1H;;. The van der Waals surface area contributed by atoms with E-state index in [1.807, 2.05) is 0 Å². The molecule has 50 valence electrons. The van der Waals surface area contributed by atoms with Gasteiger partial charge < -0.3 is 0 Å². The fraction of sp³-hybridized carbons (Fsp3) is 0. The van der Waals surface area contributed by atoms with Crippen molar-refractivity contribution in [1.29, 1.82) is 0 Å². The molecule has 0 aliphatic heterocycles. The molecule has 0 aromatic carbocycles. The van der Waals surface area contributed by atoms with Gasteiger partial charge >= 0.3 is 0 Å². The smallest absolute Gasteiger partial charge is 0 e. The predicted molar refractivity (Wildman–Crippen MR) is 12.5 cm³/mol. The first-order chi connectivity index (χ1) is 0. The Morgan fingerprint density at radius 1 is 0.429 bits per heavy atom. The molecule has 0 aromatic rings. The van der Waals surface area contributed by atoms with Crippen molar-refractivity contribution < 1.29 is 68.3 Å². The second-order valence-electron chi connectivity index (χ2n) is 0. The Bertz CT molecular complexity index is 8.04. The van der Waals surface area contributed by atoms with Gasteiger partial charge in [-0.25, -0.2) is 0 Å². The maximum atomic E-state index is 0. The number of hydrogen-bond donors (Lipinski definition) is 0. The molecular formula is H5F5NbTa. The van der Waals surface area contributed by atoms with Gasteiger partial charge in [0.1, 0.15) is 0 Å². The monoisotopic (exact) mass is 374 g/mol. The summed E-state index contributed by atoms with van der Waals surface area (Å²) in [5.41, 5.74) is 0. The second-order valence-corrected chi connectivity index (χ2v) is 0. The molecule has 7 heteroatoms. The van der Waals surface area contributed by atoms with E-state index in [1.54, 1.807) is 0 Å². The van der Waals surface area contributed by atoms with Gasteiger partial charge in [0, 0.05) is 44.8 Å². The molecule has 0 saturated heterocycles. The van der Waals surface area contributed by atoms with Crippen LogP contribution in [0.3, 0.4) is 0 Å². The third kappa shape index (κ3) is 147. The van der Waals surface area contributed by atoms with Crippen molar-refractivity contribution in [2.24, 2.45) is 0 Å². The maximum Gasteiger partial charge on any atom is 0 e. The number of rotatable bonds is 0. The topological polar surface area (TPSA) is 0 Å². The first-order valence-corrected chi connectivity index (χ1v) is 0. The van der Waals surface area contributed by atoms with Gasteiger partial charge in [-0.15, -0.1) is 0 Å². The number of hydrogen-bond acceptors (Lipinski definition) is 0. The molecule has 0 atom stereocenters. The van der Waals surface area contributed by atoms with Crippen molar-refractivity contribution in [2.45, 2.75) is 0 Å². The Kier molecular flexibility index (Phi) is 9690. The molecule has 0 heterocycles. The minimum absolute atomic E-state index is 0. The van der Waals surface area contributed by atoms with Crippen LogP contribution in [0.25, 0.3) is 0 Å². The fourth-order valence-electron chi connectivity index (χ4n) is 0. The Morgan fingerprint density at radius 3 is 0.429 bits per heavy atom. The van der Waals surface area contributed by atoms with Crippen molar-refractivity contribution in [3.8, 4) is 0 Å². The molecule has 0 fully saturated rings. The van der Waals surface area contributed by atoms with E-state index in [2.05, 4.69) is 0 Å². The van der Waals surface area contributed by atoms with Crippen molar-refractivity contribution in [1.82, 2.24) is 0 Å². The summed E-state index contributed by atoms with van der Waals surface area (Å²) in [6.45, 7) is 0. The minimum atomic E-state index is 0. The van der Waals surface area contributed by atoms with E-state index in [-0.39, 0.29) is 68.3 Å². The summed E-state index contributed by atoms with van der Waals surface area (Å²) in [6, 6.07) is 0. The molecular weight excluding hydrogens is 369 g/mol. The van der Waals surface area contributed by atoms with Gasteiger partial charge in [0.25, 0.3) is 0 Å². The van der Waals surface area contributed by atoms with Crippen LogP contribution in [-0.2, 0) is 44.8 Å². The Balaban J connectivity index is 0. The molecule has 0 nitrogen and oxygen atoms in total. The molecule has 0 spiro atoms. The van der Waals surface area contributed by atoms with Crippen LogP contribution in [0.2, 0.25) is 0 Å². The molecule has 0 unspecified atom stereocenters. The maximum absolute atomic E-state index is 0. The zero-order valence-corrected chi connectivity index (χ0v) is 8.35. The molecule has 0 saturated carbocycles. The zero-order valence-electron chi connectivity index (χ0n) is 2.94. The summed E-state index contributed by atoms with van der Waals surface area (Å²) in [7, 11) is 0. The first-order valence-electron chi connectivity index (χ1n) is 0. The summed E-state index contributed by atoms with van der Waals surface area (Å²) < 4.78 is 0. The average molecular weight is 374 g/mol. The van der Waals surface area contributed by atoms with E-state index in [4.69, 9.17) is 0 Å². The van der Waals surface area contributed by atoms with E-state index in [0.717, 1.165) is 0 Å². The Hall–Kier alpha value is 1.13. The van der Waals surface area contributed by atoms with E-state index >= 15 is 0 Å². The SMILES string of the molecule is F.F.F.F.F.[Nb].[Ta]. The molecule has 0 aliphatic carbocycles. The van der Waals surface area contributed by atoms with Crippen molar-refractivity contribution in [3.63, 3.8) is 0 Å². The largest absolute Gasteiger partial charge is 0.269 e. The van der Waals surface area contributed by atoms with Crippen molar-refractivity contribution in [2.75, 3.05) is 0 Å². The van der Waals surface area contributed by atoms with E-state index in [0.29, 0.717) is 0 Å². The van der Waals surface area contributed by atoms with Crippen LogP contribution >= 0.6 is 0 Å². The summed E-state index contributed by atoms with van der Waals surface area (Å²) in [6.07, 6.45) is 0. The van der Waals surface area contributed by atoms with E-state index < -0.39 is 0 Å². The zero-order chi connectivity index (χ0) is 0. The molecule has 0 aromatic heterocycles. The Morgan fingerprint density at radius 2 is 0.429 bits per heavy atom. The van der Waals surface area contributed by atoms with Gasteiger partial charge in [0.2, 0.25) is 0 Å². The van der Waals surface area contributed by atoms with Gasteiger partial charge in [-0.05, 0) is 0 Å². The second kappa shape index (κ2) is 210. The Labute approximate surface area is 68.3 Å². The van der Waals surface area contributed by atoms with Crippen LogP contribution in [-0.4, -0.2) is 0 Å². The minimum Gasteiger partial charge on any atom is -0.269 e. The summed E-state index contributed by atoms with van der Waals surface area (Å²) in [5.74, 6) is 0. The van der Waals surface area contributed by atoms with Gasteiger partial charge in [-0.3, -0.25) is 23.5 Å². The quantitative estimate of drug-likeness (QED) is 0.434. The summed E-state index contributed by atoms with van der Waals surface area (Å²) in [4.78, 5) is 0. The molecule has 0 amide bonds. The average Bonchev–Trinajstić information content (AvgIpc) is 0. The molecule has 7 heavy (non-hydrogen) atoms. The van der Waals surface area contributed by atoms with Gasteiger partial charge in [0.15, 0.2) is 0 Å². The van der Waals surface area contributed by atoms with Crippen LogP contribution in [0, 0.1) is 0 Å². The van der Waals surface area contributed by atoms with Crippen molar-refractivity contribution in [3.05, 3.63) is 0 Å². The summed E-state index contributed by atoms with van der Waals surface area (Å²) in [5, 5.41) is 0. The van der Waals surface area contributed by atoms with Crippen LogP contribution < -0.4 is 0 Å². The normalized spacial score (nSPS) is 0. The predicted octanol–water partition coefficient (Wildman–Crippen LogP) is 0.757. The van der Waals surface area contributed by atoms with Gasteiger partial charge in [-0.2, -0.15) is 0 Å². The first kappa shape index (κ1) is 323.